The molecular weight excluding hydrogens is 264 g/mol. The maximum atomic E-state index is 9.00. The molecule has 0 radical (unpaired) electrons. The summed E-state index contributed by atoms with van der Waals surface area (Å²) in [6.45, 7) is 2.43. The Labute approximate surface area is 125 Å². The van der Waals surface area contributed by atoms with Crippen LogP contribution >= 0.6 is 0 Å². The molecule has 0 unspecified atom stereocenters. The van der Waals surface area contributed by atoms with Crippen molar-refractivity contribution in [1.29, 1.82) is 0 Å². The quantitative estimate of drug-likeness (QED) is 0.652. The number of benzene rings is 2. The van der Waals surface area contributed by atoms with E-state index in [-0.39, 0.29) is 6.61 Å². The van der Waals surface area contributed by atoms with Crippen LogP contribution in [0.15, 0.2) is 48.5 Å². The third-order valence-corrected chi connectivity index (χ3v) is 3.17. The Morgan fingerprint density at radius 1 is 0.905 bits per heavy atom. The van der Waals surface area contributed by atoms with Crippen LogP contribution in [-0.2, 0) is 13.2 Å². The molecule has 0 aliphatic carbocycles. The van der Waals surface area contributed by atoms with Crippen molar-refractivity contribution in [2.24, 2.45) is 0 Å². The van der Waals surface area contributed by atoms with Crippen LogP contribution in [-0.4, -0.2) is 25.2 Å². The molecule has 0 spiro atoms. The minimum absolute atomic E-state index is 0.0726. The molecule has 4 heteroatoms. The maximum Gasteiger partial charge on any atom is 0.119 e. The zero-order chi connectivity index (χ0) is 14.9. The maximum absolute atomic E-state index is 9.00. The van der Waals surface area contributed by atoms with Crippen LogP contribution in [0.4, 0.5) is 5.69 Å². The number of rotatable bonds is 8. The third kappa shape index (κ3) is 5.10. The first kappa shape index (κ1) is 15.4. The summed E-state index contributed by atoms with van der Waals surface area (Å²) in [5.74, 6) is 0.848. The number of aliphatic hydroxyl groups excluding tert-OH is 1. The minimum Gasteiger partial charge on any atom is -0.489 e. The number of hydrogen-bond donors (Lipinski definition) is 3. The van der Waals surface area contributed by atoms with Crippen LogP contribution in [0.25, 0.3) is 0 Å². The van der Waals surface area contributed by atoms with Gasteiger partial charge in [-0.3, -0.25) is 0 Å². The van der Waals surface area contributed by atoms with Gasteiger partial charge in [0.25, 0.3) is 0 Å². The van der Waals surface area contributed by atoms with E-state index in [0.717, 1.165) is 35.7 Å². The van der Waals surface area contributed by atoms with E-state index in [9.17, 15) is 0 Å². The first-order valence-electron chi connectivity index (χ1n) is 7.12. The monoisotopic (exact) mass is 286 g/mol. The SMILES string of the molecule is CNCCNc1ccc(OCc2ccc(CO)cc2)cc1. The first-order valence-corrected chi connectivity index (χ1v) is 7.12. The predicted molar refractivity (Wildman–Crippen MR) is 85.6 cm³/mol. The summed E-state index contributed by atoms with van der Waals surface area (Å²) >= 11 is 0. The third-order valence-electron chi connectivity index (χ3n) is 3.17. The Morgan fingerprint density at radius 3 is 2.19 bits per heavy atom. The second-order valence-corrected chi connectivity index (χ2v) is 4.82. The summed E-state index contributed by atoms with van der Waals surface area (Å²) in [7, 11) is 1.94. The highest BCUT2D eigenvalue weighted by molar-refractivity contribution is 5.46. The van der Waals surface area contributed by atoms with E-state index >= 15 is 0 Å². The van der Waals surface area contributed by atoms with Gasteiger partial charge in [-0.1, -0.05) is 24.3 Å². The highest BCUT2D eigenvalue weighted by Crippen LogP contribution is 2.17. The number of anilines is 1. The predicted octanol–water partition coefficient (Wildman–Crippen LogP) is 2.39. The molecular formula is C17H22N2O2. The Hall–Kier alpha value is -2.04. The lowest BCUT2D eigenvalue weighted by atomic mass is 10.1. The highest BCUT2D eigenvalue weighted by atomic mass is 16.5. The van der Waals surface area contributed by atoms with Gasteiger partial charge in [-0.15, -0.1) is 0 Å². The van der Waals surface area contributed by atoms with E-state index < -0.39 is 0 Å². The minimum atomic E-state index is 0.0726. The van der Waals surface area contributed by atoms with Crippen LogP contribution in [0.5, 0.6) is 5.75 Å². The Balaban J connectivity index is 1.82. The zero-order valence-corrected chi connectivity index (χ0v) is 12.3. The molecule has 0 aromatic heterocycles. The summed E-state index contributed by atoms with van der Waals surface area (Å²) in [5, 5.41) is 15.4. The van der Waals surface area contributed by atoms with Crippen LogP contribution < -0.4 is 15.4 Å². The van der Waals surface area contributed by atoms with E-state index in [2.05, 4.69) is 10.6 Å². The highest BCUT2D eigenvalue weighted by Gasteiger charge is 1.98. The van der Waals surface area contributed by atoms with Crippen molar-refractivity contribution >= 4 is 5.69 Å². The Morgan fingerprint density at radius 2 is 1.57 bits per heavy atom. The van der Waals surface area contributed by atoms with E-state index in [0.29, 0.717) is 6.61 Å². The van der Waals surface area contributed by atoms with E-state index in [4.69, 9.17) is 9.84 Å². The van der Waals surface area contributed by atoms with Gasteiger partial charge < -0.3 is 20.5 Å². The van der Waals surface area contributed by atoms with Crippen molar-refractivity contribution in [2.45, 2.75) is 13.2 Å². The molecule has 2 rings (SSSR count). The fourth-order valence-electron chi connectivity index (χ4n) is 1.91. The van der Waals surface area contributed by atoms with Crippen molar-refractivity contribution in [3.8, 4) is 5.75 Å². The fraction of sp³-hybridized carbons (Fsp3) is 0.294. The molecule has 0 fully saturated rings. The van der Waals surface area contributed by atoms with Gasteiger partial charge >= 0.3 is 0 Å². The van der Waals surface area contributed by atoms with Crippen molar-refractivity contribution in [3.63, 3.8) is 0 Å². The normalized spacial score (nSPS) is 10.4. The number of hydrogen-bond acceptors (Lipinski definition) is 4. The molecule has 0 saturated heterocycles. The molecule has 3 N–H and O–H groups in total. The van der Waals surface area contributed by atoms with Gasteiger partial charge in [-0.2, -0.15) is 0 Å². The zero-order valence-electron chi connectivity index (χ0n) is 12.3. The molecule has 0 aliphatic heterocycles. The molecule has 112 valence electrons. The standard InChI is InChI=1S/C17H22N2O2/c1-18-10-11-19-16-6-8-17(9-7-16)21-13-15-4-2-14(12-20)3-5-15/h2-9,18-20H,10-13H2,1H3. The molecule has 0 bridgehead atoms. The average Bonchev–Trinajstić information content (AvgIpc) is 2.55. The number of ether oxygens (including phenoxy) is 1. The van der Waals surface area contributed by atoms with Crippen LogP contribution in [0.1, 0.15) is 11.1 Å². The van der Waals surface area contributed by atoms with Gasteiger partial charge in [0.1, 0.15) is 12.4 Å². The van der Waals surface area contributed by atoms with Crippen LogP contribution in [0, 0.1) is 0 Å². The molecule has 2 aromatic carbocycles. The van der Waals surface area contributed by atoms with E-state index in [1.807, 2.05) is 55.6 Å². The molecule has 4 nitrogen and oxygen atoms in total. The van der Waals surface area contributed by atoms with Gasteiger partial charge in [-0.25, -0.2) is 0 Å². The van der Waals surface area contributed by atoms with Crippen molar-refractivity contribution < 1.29 is 9.84 Å². The van der Waals surface area contributed by atoms with Crippen molar-refractivity contribution in [1.82, 2.24) is 5.32 Å². The van der Waals surface area contributed by atoms with Crippen molar-refractivity contribution in [3.05, 3.63) is 59.7 Å². The molecule has 0 saturated carbocycles. The lowest BCUT2D eigenvalue weighted by Crippen LogP contribution is -2.17. The van der Waals surface area contributed by atoms with Crippen LogP contribution in [0.2, 0.25) is 0 Å². The smallest absolute Gasteiger partial charge is 0.119 e. The van der Waals surface area contributed by atoms with Gasteiger partial charge in [0.2, 0.25) is 0 Å². The Bertz CT molecular complexity index is 523. The summed E-state index contributed by atoms with van der Waals surface area (Å²) < 4.78 is 5.74. The molecule has 0 atom stereocenters. The molecule has 21 heavy (non-hydrogen) atoms. The lowest BCUT2D eigenvalue weighted by Gasteiger charge is -2.09. The largest absolute Gasteiger partial charge is 0.489 e. The molecule has 2 aromatic rings. The van der Waals surface area contributed by atoms with Crippen LogP contribution in [0.3, 0.4) is 0 Å². The van der Waals surface area contributed by atoms with Gasteiger partial charge in [0.05, 0.1) is 6.61 Å². The molecule has 0 aliphatic rings. The number of likely N-dealkylation sites (N-methyl/N-ethyl adjacent to an activating group) is 1. The van der Waals surface area contributed by atoms with Gasteiger partial charge in [0, 0.05) is 18.8 Å². The van der Waals surface area contributed by atoms with E-state index in [1.54, 1.807) is 0 Å². The topological polar surface area (TPSA) is 53.5 Å². The summed E-state index contributed by atoms with van der Waals surface area (Å²) in [6, 6.07) is 15.7. The average molecular weight is 286 g/mol. The van der Waals surface area contributed by atoms with Gasteiger partial charge in [-0.05, 0) is 42.4 Å². The lowest BCUT2D eigenvalue weighted by molar-refractivity contribution is 0.281. The summed E-state index contributed by atoms with van der Waals surface area (Å²) in [4.78, 5) is 0. The molecule has 0 heterocycles. The molecule has 0 amide bonds. The first-order chi connectivity index (χ1) is 10.3. The van der Waals surface area contributed by atoms with Crippen molar-refractivity contribution in [2.75, 3.05) is 25.5 Å². The van der Waals surface area contributed by atoms with E-state index in [1.165, 1.54) is 0 Å². The second kappa shape index (κ2) is 8.29. The summed E-state index contributed by atoms with van der Waals surface area (Å²) in [5.41, 5.74) is 3.09. The van der Waals surface area contributed by atoms with Gasteiger partial charge in [0.15, 0.2) is 0 Å². The second-order valence-electron chi connectivity index (χ2n) is 4.82. The summed E-state index contributed by atoms with van der Waals surface area (Å²) in [6.07, 6.45) is 0. The number of aliphatic hydroxyl groups is 1. The number of nitrogens with one attached hydrogen (secondary N) is 2. The Kier molecular flexibility index (Phi) is 6.06. The fourth-order valence-corrected chi connectivity index (χ4v) is 1.91.